The van der Waals surface area contributed by atoms with E-state index in [0.29, 0.717) is 6.04 Å². The van der Waals surface area contributed by atoms with E-state index in [1.807, 2.05) is 6.07 Å². The lowest BCUT2D eigenvalue weighted by Gasteiger charge is -2.42. The molecule has 2 aliphatic heterocycles. The fourth-order valence-corrected chi connectivity index (χ4v) is 4.86. The standard InChI is InChI=1S/C22H33FN4/c1-16-20-14-19(23)4-5-21(20)24-22(16)15-26-8-6-18(7-9-26)17(2)27-12-10-25(3)11-13-27/h4-5,14,17-18,24H,6-13,15H2,1-3H3. The molecule has 0 spiro atoms. The number of hydrogen-bond acceptors (Lipinski definition) is 3. The van der Waals surface area contributed by atoms with Crippen molar-refractivity contribution in [3.05, 3.63) is 35.3 Å². The van der Waals surface area contributed by atoms with Gasteiger partial charge in [0, 0.05) is 55.4 Å². The minimum atomic E-state index is -0.158. The molecule has 3 heterocycles. The Balaban J connectivity index is 1.34. The van der Waals surface area contributed by atoms with Gasteiger partial charge in [-0.1, -0.05) is 0 Å². The van der Waals surface area contributed by atoms with Crippen molar-refractivity contribution < 1.29 is 4.39 Å². The predicted octanol–water partition coefficient (Wildman–Crippen LogP) is 3.46. The molecule has 1 N–H and O–H groups in total. The number of nitrogens with zero attached hydrogens (tertiary/aromatic N) is 3. The number of fused-ring (bicyclic) bond motifs is 1. The molecule has 5 heteroatoms. The first-order valence-corrected chi connectivity index (χ1v) is 10.4. The third-order valence-electron chi connectivity index (χ3n) is 6.93. The van der Waals surface area contributed by atoms with E-state index in [-0.39, 0.29) is 5.82 Å². The number of aromatic nitrogens is 1. The molecule has 27 heavy (non-hydrogen) atoms. The minimum absolute atomic E-state index is 0.158. The molecule has 4 nitrogen and oxygen atoms in total. The van der Waals surface area contributed by atoms with Crippen molar-refractivity contribution in [1.29, 1.82) is 0 Å². The topological polar surface area (TPSA) is 25.5 Å². The number of aryl methyl sites for hydroxylation is 1. The van der Waals surface area contributed by atoms with Crippen LogP contribution in [0.1, 0.15) is 31.0 Å². The van der Waals surface area contributed by atoms with Gasteiger partial charge in [-0.15, -0.1) is 0 Å². The normalized spacial score (nSPS) is 22.5. The van der Waals surface area contributed by atoms with Crippen LogP contribution in [0.4, 0.5) is 4.39 Å². The Labute approximate surface area is 162 Å². The Kier molecular flexibility index (Phi) is 5.53. The van der Waals surface area contributed by atoms with Gasteiger partial charge in [0.2, 0.25) is 0 Å². The third kappa shape index (κ3) is 4.05. The van der Waals surface area contributed by atoms with E-state index < -0.39 is 0 Å². The molecule has 1 atom stereocenters. The number of benzene rings is 1. The number of aromatic amines is 1. The van der Waals surface area contributed by atoms with Gasteiger partial charge in [-0.2, -0.15) is 0 Å². The van der Waals surface area contributed by atoms with Gasteiger partial charge in [-0.25, -0.2) is 4.39 Å². The van der Waals surface area contributed by atoms with Crippen molar-refractivity contribution in [2.24, 2.45) is 5.92 Å². The average Bonchev–Trinajstić information content (AvgIpc) is 2.98. The number of halogens is 1. The largest absolute Gasteiger partial charge is 0.357 e. The van der Waals surface area contributed by atoms with Gasteiger partial charge in [-0.3, -0.25) is 9.80 Å². The van der Waals surface area contributed by atoms with Gasteiger partial charge >= 0.3 is 0 Å². The Morgan fingerprint density at radius 3 is 2.52 bits per heavy atom. The van der Waals surface area contributed by atoms with Gasteiger partial charge in [-0.05, 0) is 76.5 Å². The van der Waals surface area contributed by atoms with Crippen LogP contribution in [0, 0.1) is 18.7 Å². The summed E-state index contributed by atoms with van der Waals surface area (Å²) in [6, 6.07) is 5.73. The summed E-state index contributed by atoms with van der Waals surface area (Å²) < 4.78 is 13.5. The summed E-state index contributed by atoms with van der Waals surface area (Å²) in [7, 11) is 2.22. The van der Waals surface area contributed by atoms with Gasteiger partial charge in [0.15, 0.2) is 0 Å². The summed E-state index contributed by atoms with van der Waals surface area (Å²) in [6.45, 7) is 12.6. The second kappa shape index (κ2) is 7.90. The maximum Gasteiger partial charge on any atom is 0.123 e. The molecular formula is C22H33FN4. The van der Waals surface area contributed by atoms with Crippen LogP contribution in [0.15, 0.2) is 18.2 Å². The number of likely N-dealkylation sites (tertiary alicyclic amines) is 1. The zero-order chi connectivity index (χ0) is 19.0. The lowest BCUT2D eigenvalue weighted by Crippen LogP contribution is -2.51. The number of piperidine rings is 1. The Bertz CT molecular complexity index is 770. The molecule has 0 bridgehead atoms. The minimum Gasteiger partial charge on any atom is -0.357 e. The van der Waals surface area contributed by atoms with Crippen molar-refractivity contribution in [1.82, 2.24) is 19.7 Å². The summed E-state index contributed by atoms with van der Waals surface area (Å²) in [5.41, 5.74) is 3.47. The van der Waals surface area contributed by atoms with E-state index in [0.717, 1.165) is 36.5 Å². The molecule has 1 aromatic carbocycles. The molecule has 2 fully saturated rings. The third-order valence-corrected chi connectivity index (χ3v) is 6.93. The first-order chi connectivity index (χ1) is 13.0. The van der Waals surface area contributed by atoms with Gasteiger partial charge in [0.25, 0.3) is 0 Å². The van der Waals surface area contributed by atoms with E-state index >= 15 is 0 Å². The molecule has 2 saturated heterocycles. The maximum atomic E-state index is 13.5. The highest BCUT2D eigenvalue weighted by Gasteiger charge is 2.29. The smallest absolute Gasteiger partial charge is 0.123 e. The molecule has 148 valence electrons. The average molecular weight is 373 g/mol. The Morgan fingerprint density at radius 2 is 1.81 bits per heavy atom. The van der Waals surface area contributed by atoms with Crippen molar-refractivity contribution >= 4 is 10.9 Å². The van der Waals surface area contributed by atoms with Gasteiger partial charge in [0.05, 0.1) is 0 Å². The number of hydrogen-bond donors (Lipinski definition) is 1. The predicted molar refractivity (Wildman–Crippen MR) is 110 cm³/mol. The van der Waals surface area contributed by atoms with Crippen LogP contribution in [0.2, 0.25) is 0 Å². The number of H-pyrrole nitrogens is 1. The van der Waals surface area contributed by atoms with Crippen LogP contribution in [0.3, 0.4) is 0 Å². The summed E-state index contributed by atoms with van der Waals surface area (Å²) in [4.78, 5) is 11.2. The van der Waals surface area contributed by atoms with Crippen LogP contribution in [0.25, 0.3) is 10.9 Å². The highest BCUT2D eigenvalue weighted by molar-refractivity contribution is 5.84. The lowest BCUT2D eigenvalue weighted by atomic mass is 9.89. The molecule has 1 unspecified atom stereocenters. The molecule has 0 amide bonds. The first-order valence-electron chi connectivity index (χ1n) is 10.4. The fraction of sp³-hybridized carbons (Fsp3) is 0.636. The van der Waals surface area contributed by atoms with Crippen LogP contribution >= 0.6 is 0 Å². The van der Waals surface area contributed by atoms with Crippen LogP contribution in [-0.4, -0.2) is 72.0 Å². The molecule has 1 aromatic heterocycles. The maximum absolute atomic E-state index is 13.5. The van der Waals surface area contributed by atoms with Crippen molar-refractivity contribution in [3.63, 3.8) is 0 Å². The highest BCUT2D eigenvalue weighted by atomic mass is 19.1. The molecule has 4 rings (SSSR count). The number of nitrogens with one attached hydrogen (secondary N) is 1. The van der Waals surface area contributed by atoms with E-state index in [9.17, 15) is 4.39 Å². The molecule has 0 saturated carbocycles. The number of likely N-dealkylation sites (N-methyl/N-ethyl adjacent to an activating group) is 1. The summed E-state index contributed by atoms with van der Waals surface area (Å²) in [5.74, 6) is 0.650. The Morgan fingerprint density at radius 1 is 1.11 bits per heavy atom. The van der Waals surface area contributed by atoms with Gasteiger partial charge < -0.3 is 9.88 Å². The Hall–Kier alpha value is -1.43. The fourth-order valence-electron chi connectivity index (χ4n) is 4.86. The van der Waals surface area contributed by atoms with Crippen LogP contribution < -0.4 is 0 Å². The van der Waals surface area contributed by atoms with Crippen molar-refractivity contribution in [2.45, 2.75) is 39.3 Å². The second-order valence-corrected chi connectivity index (χ2v) is 8.61. The number of rotatable bonds is 4. The SMILES string of the molecule is Cc1c(CN2CCC(C(C)N3CCN(C)CC3)CC2)[nH]c2ccc(F)cc12. The van der Waals surface area contributed by atoms with E-state index in [1.54, 1.807) is 6.07 Å². The molecule has 2 aromatic rings. The summed E-state index contributed by atoms with van der Waals surface area (Å²) in [5, 5.41) is 1.02. The zero-order valence-corrected chi connectivity index (χ0v) is 17.0. The van der Waals surface area contributed by atoms with Crippen molar-refractivity contribution in [2.75, 3.05) is 46.3 Å². The summed E-state index contributed by atoms with van der Waals surface area (Å²) in [6.07, 6.45) is 2.56. The first kappa shape index (κ1) is 18.9. The zero-order valence-electron chi connectivity index (χ0n) is 17.0. The van der Waals surface area contributed by atoms with E-state index in [2.05, 4.69) is 40.6 Å². The number of piperazine rings is 1. The van der Waals surface area contributed by atoms with Crippen molar-refractivity contribution in [3.8, 4) is 0 Å². The van der Waals surface area contributed by atoms with E-state index in [4.69, 9.17) is 0 Å². The monoisotopic (exact) mass is 372 g/mol. The van der Waals surface area contributed by atoms with E-state index in [1.165, 1.54) is 56.3 Å². The highest BCUT2D eigenvalue weighted by Crippen LogP contribution is 2.28. The van der Waals surface area contributed by atoms with Gasteiger partial charge in [0.1, 0.15) is 5.82 Å². The van der Waals surface area contributed by atoms with Crippen LogP contribution in [0.5, 0.6) is 0 Å². The molecule has 0 radical (unpaired) electrons. The lowest BCUT2D eigenvalue weighted by molar-refractivity contribution is 0.0596. The molecule has 0 aliphatic carbocycles. The second-order valence-electron chi connectivity index (χ2n) is 8.61. The molecular weight excluding hydrogens is 339 g/mol. The molecule has 2 aliphatic rings. The summed E-state index contributed by atoms with van der Waals surface area (Å²) >= 11 is 0. The quantitative estimate of drug-likeness (QED) is 0.890. The van der Waals surface area contributed by atoms with Crippen LogP contribution in [-0.2, 0) is 6.54 Å².